The lowest BCUT2D eigenvalue weighted by Gasteiger charge is -2.17. The quantitative estimate of drug-likeness (QED) is 0.350. The van der Waals surface area contributed by atoms with E-state index in [0.717, 1.165) is 18.8 Å². The van der Waals surface area contributed by atoms with E-state index >= 15 is 0 Å². The number of hydrogen-bond acceptors (Lipinski definition) is 3. The molecule has 0 bridgehead atoms. The van der Waals surface area contributed by atoms with Crippen LogP contribution in [0.15, 0.2) is 24.1 Å². The Morgan fingerprint density at radius 1 is 1.35 bits per heavy atom. The zero-order chi connectivity index (χ0) is 13.1. The van der Waals surface area contributed by atoms with Crippen LogP contribution in [-0.2, 0) is 4.74 Å². The monoisotopic (exact) mass is 240 g/mol. The highest BCUT2D eigenvalue weighted by Crippen LogP contribution is 2.15. The number of ether oxygens (including phenoxy) is 1. The van der Waals surface area contributed by atoms with Crippen LogP contribution in [-0.4, -0.2) is 13.2 Å². The molecule has 1 atom stereocenters. The van der Waals surface area contributed by atoms with Crippen LogP contribution in [0.5, 0.6) is 0 Å². The van der Waals surface area contributed by atoms with Crippen LogP contribution >= 0.6 is 0 Å². The van der Waals surface area contributed by atoms with Crippen LogP contribution in [0.2, 0.25) is 0 Å². The summed E-state index contributed by atoms with van der Waals surface area (Å²) in [5, 5.41) is 0. The summed E-state index contributed by atoms with van der Waals surface area (Å²) in [6.07, 6.45) is 7.92. The van der Waals surface area contributed by atoms with Crippen molar-refractivity contribution in [2.45, 2.75) is 46.0 Å². The van der Waals surface area contributed by atoms with E-state index in [9.17, 15) is 0 Å². The van der Waals surface area contributed by atoms with Crippen molar-refractivity contribution in [3.63, 3.8) is 0 Å². The molecule has 0 radical (unpaired) electrons. The standard InChI is InChI=1S/C14H28N2O/c1-4-6-7-8-13(5-2)11-17-14(10-15)9-12(3)16/h9,13H,3-8,10-11,15-16H2,1-2H3/b14-9+. The smallest absolute Gasteiger partial charge is 0.112 e. The maximum atomic E-state index is 5.68. The van der Waals surface area contributed by atoms with Gasteiger partial charge >= 0.3 is 0 Å². The zero-order valence-electron chi connectivity index (χ0n) is 11.4. The number of nitrogens with two attached hydrogens (primary N) is 2. The fraction of sp³-hybridized carbons (Fsp3) is 0.714. The average molecular weight is 240 g/mol. The first kappa shape index (κ1) is 16.0. The highest BCUT2D eigenvalue weighted by Gasteiger charge is 2.07. The average Bonchev–Trinajstić information content (AvgIpc) is 2.31. The third kappa shape index (κ3) is 8.81. The molecule has 0 aromatic carbocycles. The zero-order valence-corrected chi connectivity index (χ0v) is 11.4. The van der Waals surface area contributed by atoms with Gasteiger partial charge in [-0.3, -0.25) is 0 Å². The summed E-state index contributed by atoms with van der Waals surface area (Å²) in [5.41, 5.74) is 11.6. The molecule has 0 aliphatic carbocycles. The Kier molecular flexibility index (Phi) is 9.63. The molecule has 17 heavy (non-hydrogen) atoms. The third-order valence-corrected chi connectivity index (χ3v) is 2.85. The van der Waals surface area contributed by atoms with Crippen molar-refractivity contribution in [1.29, 1.82) is 0 Å². The molecule has 0 saturated heterocycles. The van der Waals surface area contributed by atoms with Gasteiger partial charge in [0.15, 0.2) is 0 Å². The highest BCUT2D eigenvalue weighted by molar-refractivity contribution is 5.14. The van der Waals surface area contributed by atoms with Crippen molar-refractivity contribution in [2.24, 2.45) is 17.4 Å². The molecule has 0 aromatic rings. The first-order valence-electron chi connectivity index (χ1n) is 6.61. The minimum absolute atomic E-state index is 0.377. The molecule has 0 saturated carbocycles. The van der Waals surface area contributed by atoms with Gasteiger partial charge in [0.25, 0.3) is 0 Å². The molecule has 100 valence electrons. The van der Waals surface area contributed by atoms with Crippen molar-refractivity contribution >= 4 is 0 Å². The summed E-state index contributed by atoms with van der Waals surface area (Å²) in [6.45, 7) is 9.15. The van der Waals surface area contributed by atoms with E-state index in [1.165, 1.54) is 25.7 Å². The van der Waals surface area contributed by atoms with Gasteiger partial charge in [-0.1, -0.05) is 46.1 Å². The van der Waals surface area contributed by atoms with Gasteiger partial charge in [0.2, 0.25) is 0 Å². The van der Waals surface area contributed by atoms with Crippen molar-refractivity contribution in [3.05, 3.63) is 24.1 Å². The maximum absolute atomic E-state index is 5.68. The maximum Gasteiger partial charge on any atom is 0.112 e. The molecule has 0 aromatic heterocycles. The number of allylic oxidation sites excluding steroid dienone is 1. The highest BCUT2D eigenvalue weighted by atomic mass is 16.5. The molecule has 3 heteroatoms. The van der Waals surface area contributed by atoms with Gasteiger partial charge in [-0.2, -0.15) is 0 Å². The minimum Gasteiger partial charge on any atom is -0.496 e. The molecule has 0 heterocycles. The summed E-state index contributed by atoms with van der Waals surface area (Å²) in [5.74, 6) is 1.34. The second-order valence-electron chi connectivity index (χ2n) is 4.47. The number of rotatable bonds is 10. The molecular formula is C14H28N2O. The Morgan fingerprint density at radius 2 is 2.06 bits per heavy atom. The second-order valence-corrected chi connectivity index (χ2v) is 4.47. The Balaban J connectivity index is 3.98. The molecule has 0 rings (SSSR count). The Hall–Kier alpha value is -0.960. The van der Waals surface area contributed by atoms with E-state index < -0.39 is 0 Å². The Bertz CT molecular complexity index is 236. The van der Waals surface area contributed by atoms with Crippen LogP contribution in [0.4, 0.5) is 0 Å². The van der Waals surface area contributed by atoms with Crippen LogP contribution in [0, 0.1) is 5.92 Å². The summed E-state index contributed by atoms with van der Waals surface area (Å²) < 4.78 is 5.68. The molecule has 0 amide bonds. The number of unbranched alkanes of at least 4 members (excludes halogenated alkanes) is 2. The molecule has 4 N–H and O–H groups in total. The minimum atomic E-state index is 0.377. The second kappa shape index (κ2) is 10.2. The molecule has 0 aliphatic rings. The summed E-state index contributed by atoms with van der Waals surface area (Å²) in [4.78, 5) is 0. The molecular weight excluding hydrogens is 212 g/mol. The molecule has 3 nitrogen and oxygen atoms in total. The van der Waals surface area contributed by atoms with Gasteiger partial charge in [0, 0.05) is 5.70 Å². The van der Waals surface area contributed by atoms with Crippen LogP contribution in [0.25, 0.3) is 0 Å². The number of hydrogen-bond donors (Lipinski definition) is 2. The fourth-order valence-corrected chi connectivity index (χ4v) is 1.68. The molecule has 0 spiro atoms. The molecule has 0 fully saturated rings. The van der Waals surface area contributed by atoms with Gasteiger partial charge in [0.1, 0.15) is 5.76 Å². The van der Waals surface area contributed by atoms with E-state index in [1.807, 2.05) is 0 Å². The van der Waals surface area contributed by atoms with E-state index in [4.69, 9.17) is 16.2 Å². The lowest BCUT2D eigenvalue weighted by atomic mass is 10.00. The van der Waals surface area contributed by atoms with E-state index in [-0.39, 0.29) is 0 Å². The van der Waals surface area contributed by atoms with Crippen molar-refractivity contribution in [1.82, 2.24) is 0 Å². The van der Waals surface area contributed by atoms with E-state index in [1.54, 1.807) is 6.08 Å². The summed E-state index contributed by atoms with van der Waals surface area (Å²) in [6, 6.07) is 0. The molecule has 0 aliphatic heterocycles. The van der Waals surface area contributed by atoms with Gasteiger partial charge in [-0.05, 0) is 18.4 Å². The summed E-state index contributed by atoms with van der Waals surface area (Å²) >= 11 is 0. The van der Waals surface area contributed by atoms with E-state index in [0.29, 0.717) is 18.2 Å². The van der Waals surface area contributed by atoms with Crippen LogP contribution in [0.1, 0.15) is 46.0 Å². The Morgan fingerprint density at radius 3 is 2.53 bits per heavy atom. The van der Waals surface area contributed by atoms with Crippen molar-refractivity contribution in [3.8, 4) is 0 Å². The normalized spacial score (nSPS) is 13.5. The van der Waals surface area contributed by atoms with Gasteiger partial charge in [-0.25, -0.2) is 0 Å². The molecule has 1 unspecified atom stereocenters. The van der Waals surface area contributed by atoms with E-state index in [2.05, 4.69) is 20.4 Å². The largest absolute Gasteiger partial charge is 0.496 e. The Labute approximate surface area is 106 Å². The van der Waals surface area contributed by atoms with Crippen LogP contribution < -0.4 is 11.5 Å². The fourth-order valence-electron chi connectivity index (χ4n) is 1.68. The van der Waals surface area contributed by atoms with Gasteiger partial charge in [0.05, 0.1) is 13.2 Å². The topological polar surface area (TPSA) is 61.3 Å². The van der Waals surface area contributed by atoms with Gasteiger partial charge < -0.3 is 16.2 Å². The van der Waals surface area contributed by atoms with Crippen LogP contribution in [0.3, 0.4) is 0 Å². The van der Waals surface area contributed by atoms with Gasteiger partial charge in [-0.15, -0.1) is 0 Å². The predicted molar refractivity (Wildman–Crippen MR) is 74.3 cm³/mol. The lowest BCUT2D eigenvalue weighted by Crippen LogP contribution is -2.14. The summed E-state index contributed by atoms with van der Waals surface area (Å²) in [7, 11) is 0. The first-order valence-corrected chi connectivity index (χ1v) is 6.61. The SMILES string of the molecule is C=C(N)/C=C(\CN)OCC(CC)CCCCC. The lowest BCUT2D eigenvalue weighted by molar-refractivity contribution is 0.154. The van der Waals surface area contributed by atoms with Crippen molar-refractivity contribution in [2.75, 3.05) is 13.2 Å². The third-order valence-electron chi connectivity index (χ3n) is 2.85. The first-order chi connectivity index (χ1) is 8.13. The predicted octanol–water partition coefficient (Wildman–Crippen LogP) is 2.92. The van der Waals surface area contributed by atoms with Crippen molar-refractivity contribution < 1.29 is 4.74 Å².